The molecule has 0 bridgehead atoms. The van der Waals surface area contributed by atoms with E-state index < -0.39 is 6.23 Å². The molecule has 2 atom stereocenters. The number of halogens is 3. The molecule has 140 valence electrons. The number of nitrogens with zero attached hydrogens (tertiary/aromatic N) is 2. The molecule has 0 spiro atoms. The van der Waals surface area contributed by atoms with Gasteiger partial charge >= 0.3 is 0 Å². The van der Waals surface area contributed by atoms with E-state index in [-0.39, 0.29) is 6.04 Å². The topological polar surface area (TPSA) is 24.8 Å². The lowest BCUT2D eigenvalue weighted by atomic mass is 9.96. The average Bonchev–Trinajstić information content (AvgIpc) is 3.13. The monoisotopic (exact) mass is 428 g/mol. The highest BCUT2D eigenvalue weighted by atomic mass is 35.5. The van der Waals surface area contributed by atoms with Crippen molar-refractivity contribution in [3.63, 3.8) is 0 Å². The molecule has 0 saturated carbocycles. The van der Waals surface area contributed by atoms with Crippen molar-refractivity contribution >= 4 is 40.5 Å². The van der Waals surface area contributed by atoms with Crippen LogP contribution in [-0.4, -0.2) is 10.7 Å². The fraction of sp³-hybridized carbons (Fsp3) is 0.136. The third-order valence-electron chi connectivity index (χ3n) is 5.11. The van der Waals surface area contributed by atoms with Crippen LogP contribution in [0.25, 0.3) is 0 Å². The Bertz CT molecular complexity index is 1100. The van der Waals surface area contributed by atoms with Gasteiger partial charge in [0.25, 0.3) is 0 Å². The number of hydrogen-bond donors (Lipinski definition) is 0. The second-order valence-corrected chi connectivity index (χ2v) is 8.05. The van der Waals surface area contributed by atoms with Crippen LogP contribution in [-0.2, 0) is 0 Å². The van der Waals surface area contributed by atoms with Gasteiger partial charge in [-0.05, 0) is 24.3 Å². The molecular formula is C22H15Cl3N2O. The summed E-state index contributed by atoms with van der Waals surface area (Å²) in [6.45, 7) is 0. The third-order valence-corrected chi connectivity index (χ3v) is 6.00. The molecule has 3 aromatic carbocycles. The first kappa shape index (κ1) is 17.9. The number of hydrogen-bond acceptors (Lipinski definition) is 3. The van der Waals surface area contributed by atoms with Gasteiger partial charge in [0.2, 0.25) is 6.23 Å². The number of hydrazone groups is 1. The molecule has 2 aliphatic heterocycles. The first-order valence-corrected chi connectivity index (χ1v) is 10.1. The Kier molecular flexibility index (Phi) is 4.47. The lowest BCUT2D eigenvalue weighted by Crippen LogP contribution is -2.33. The Labute approximate surface area is 178 Å². The normalized spacial score (nSPS) is 20.2. The summed E-state index contributed by atoms with van der Waals surface area (Å²) in [5, 5.41) is 8.72. The van der Waals surface area contributed by atoms with Crippen LogP contribution in [0, 0.1) is 0 Å². The average molecular weight is 430 g/mol. The zero-order valence-electron chi connectivity index (χ0n) is 14.6. The molecule has 2 aliphatic rings. The number of fused-ring (bicyclic) bond motifs is 3. The van der Waals surface area contributed by atoms with E-state index in [9.17, 15) is 0 Å². The predicted octanol–water partition coefficient (Wildman–Crippen LogP) is 6.89. The summed E-state index contributed by atoms with van der Waals surface area (Å²) in [6, 6.07) is 21.3. The van der Waals surface area contributed by atoms with Gasteiger partial charge in [-0.2, -0.15) is 5.10 Å². The summed E-state index contributed by atoms with van der Waals surface area (Å²) in [5.41, 5.74) is 3.81. The lowest BCUT2D eigenvalue weighted by Gasteiger charge is -2.38. The highest BCUT2D eigenvalue weighted by molar-refractivity contribution is 6.35. The van der Waals surface area contributed by atoms with Gasteiger partial charge in [-0.1, -0.05) is 77.3 Å². The maximum absolute atomic E-state index is 6.50. The summed E-state index contributed by atoms with van der Waals surface area (Å²) < 4.78 is 6.33. The Morgan fingerprint density at radius 3 is 2.46 bits per heavy atom. The maximum atomic E-state index is 6.50. The molecule has 2 heterocycles. The van der Waals surface area contributed by atoms with Crippen LogP contribution in [0.15, 0.2) is 71.8 Å². The highest BCUT2D eigenvalue weighted by Crippen LogP contribution is 2.48. The van der Waals surface area contributed by atoms with Crippen LogP contribution in [0.1, 0.15) is 35.4 Å². The van der Waals surface area contributed by atoms with E-state index in [1.165, 1.54) is 0 Å². The van der Waals surface area contributed by atoms with Gasteiger partial charge in [-0.3, -0.25) is 0 Å². The largest absolute Gasteiger partial charge is 0.464 e. The maximum Gasteiger partial charge on any atom is 0.215 e. The Hall–Kier alpha value is -2.20. The van der Waals surface area contributed by atoms with Gasteiger partial charge in [-0.15, -0.1) is 0 Å². The molecule has 0 saturated heterocycles. The van der Waals surface area contributed by atoms with Gasteiger partial charge < -0.3 is 4.74 Å². The Balaban J connectivity index is 1.63. The van der Waals surface area contributed by atoms with Crippen LogP contribution in [0.4, 0.5) is 0 Å². The SMILES string of the molecule is Clc1ccc([C@H]2Oc3ccccc3[C@@H]3CC(c4ccccc4Cl)=NN23)c(Cl)c1. The van der Waals surface area contributed by atoms with E-state index in [1.807, 2.05) is 59.6 Å². The van der Waals surface area contributed by atoms with Crippen molar-refractivity contribution in [1.82, 2.24) is 5.01 Å². The molecule has 3 nitrogen and oxygen atoms in total. The highest BCUT2D eigenvalue weighted by Gasteiger charge is 2.41. The summed E-state index contributed by atoms with van der Waals surface area (Å²) in [4.78, 5) is 0. The molecule has 28 heavy (non-hydrogen) atoms. The smallest absolute Gasteiger partial charge is 0.215 e. The van der Waals surface area contributed by atoms with Crippen molar-refractivity contribution in [1.29, 1.82) is 0 Å². The molecule has 0 amide bonds. The zero-order valence-corrected chi connectivity index (χ0v) is 16.9. The van der Waals surface area contributed by atoms with E-state index in [2.05, 4.69) is 6.07 Å². The van der Waals surface area contributed by atoms with E-state index in [0.717, 1.165) is 34.6 Å². The summed E-state index contributed by atoms with van der Waals surface area (Å²) >= 11 is 19.0. The second-order valence-electron chi connectivity index (χ2n) is 6.80. The predicted molar refractivity (Wildman–Crippen MR) is 113 cm³/mol. The van der Waals surface area contributed by atoms with Crippen molar-refractivity contribution in [2.24, 2.45) is 5.10 Å². The minimum atomic E-state index is -0.440. The minimum absolute atomic E-state index is 0.0490. The van der Waals surface area contributed by atoms with Gasteiger partial charge in [0.1, 0.15) is 5.75 Å². The van der Waals surface area contributed by atoms with E-state index in [0.29, 0.717) is 15.1 Å². The Morgan fingerprint density at radius 1 is 0.857 bits per heavy atom. The van der Waals surface area contributed by atoms with E-state index in [4.69, 9.17) is 44.6 Å². The molecule has 0 unspecified atom stereocenters. The summed E-state index contributed by atoms with van der Waals surface area (Å²) in [5.74, 6) is 0.843. The van der Waals surface area contributed by atoms with Crippen LogP contribution in [0.3, 0.4) is 0 Å². The van der Waals surface area contributed by atoms with Crippen LogP contribution >= 0.6 is 34.8 Å². The van der Waals surface area contributed by atoms with Gasteiger partial charge in [0.05, 0.1) is 16.8 Å². The van der Waals surface area contributed by atoms with Crippen molar-refractivity contribution in [3.05, 3.63) is 98.5 Å². The van der Waals surface area contributed by atoms with Crippen LogP contribution in [0.5, 0.6) is 5.75 Å². The molecular weight excluding hydrogens is 415 g/mol. The zero-order chi connectivity index (χ0) is 19.3. The molecule has 0 fully saturated rings. The first-order chi connectivity index (χ1) is 13.6. The van der Waals surface area contributed by atoms with Crippen molar-refractivity contribution < 1.29 is 4.74 Å². The quantitative estimate of drug-likeness (QED) is 0.443. The number of ether oxygens (including phenoxy) is 1. The standard InChI is InChI=1S/C22H15Cl3N2O/c23-13-9-10-15(18(25)11-13)22-27-20(16-6-2-4-8-21(16)28-22)12-19(26-27)14-5-1-3-7-17(14)24/h1-11,20,22H,12H2/t20-,22+/m0/s1. The lowest BCUT2D eigenvalue weighted by molar-refractivity contribution is -0.0189. The molecule has 6 heteroatoms. The molecule has 0 aliphatic carbocycles. The van der Waals surface area contributed by atoms with E-state index >= 15 is 0 Å². The van der Waals surface area contributed by atoms with Crippen molar-refractivity contribution in [2.45, 2.75) is 18.7 Å². The van der Waals surface area contributed by atoms with Gasteiger partial charge in [0.15, 0.2) is 0 Å². The third kappa shape index (κ3) is 2.95. The van der Waals surface area contributed by atoms with Crippen LogP contribution in [0.2, 0.25) is 15.1 Å². The van der Waals surface area contributed by atoms with Crippen LogP contribution < -0.4 is 4.74 Å². The molecule has 0 radical (unpaired) electrons. The van der Waals surface area contributed by atoms with E-state index in [1.54, 1.807) is 6.07 Å². The van der Waals surface area contributed by atoms with Gasteiger partial charge in [-0.25, -0.2) is 5.01 Å². The second kappa shape index (κ2) is 7.00. The fourth-order valence-corrected chi connectivity index (χ4v) is 4.55. The molecule has 5 rings (SSSR count). The Morgan fingerprint density at radius 2 is 1.64 bits per heavy atom. The molecule has 3 aromatic rings. The number of benzene rings is 3. The molecule has 0 aromatic heterocycles. The van der Waals surface area contributed by atoms with Crippen molar-refractivity contribution in [3.8, 4) is 5.75 Å². The summed E-state index contributed by atoms with van der Waals surface area (Å²) in [7, 11) is 0. The first-order valence-electron chi connectivity index (χ1n) is 8.93. The fourth-order valence-electron chi connectivity index (χ4n) is 3.80. The minimum Gasteiger partial charge on any atom is -0.464 e. The van der Waals surface area contributed by atoms with Crippen molar-refractivity contribution in [2.75, 3.05) is 0 Å². The van der Waals surface area contributed by atoms with Gasteiger partial charge in [0, 0.05) is 33.2 Å². The number of para-hydroxylation sites is 1. The molecule has 0 N–H and O–H groups in total. The number of rotatable bonds is 2. The summed E-state index contributed by atoms with van der Waals surface area (Å²) in [6.07, 6.45) is 0.302.